The van der Waals surface area contributed by atoms with E-state index in [4.69, 9.17) is 12.0 Å². The van der Waals surface area contributed by atoms with E-state index in [1.165, 1.54) is 5.32 Å². The van der Waals surface area contributed by atoms with Crippen LogP contribution in [0.5, 0.6) is 0 Å². The van der Waals surface area contributed by atoms with Gasteiger partial charge in [-0.1, -0.05) is 0 Å². The number of hydrogen-bond donors (Lipinski definition) is 2. The summed E-state index contributed by atoms with van der Waals surface area (Å²) in [5.74, 6) is -1.85. The monoisotopic (exact) mass is 130 g/mol. The van der Waals surface area contributed by atoms with Crippen LogP contribution in [0.4, 0.5) is 0 Å². The molecule has 2 N–H and O–H groups in total. The van der Waals surface area contributed by atoms with Gasteiger partial charge in [0.05, 0.1) is 9.24 Å². The molecule has 0 unspecified atom stereocenters. The van der Waals surface area contributed by atoms with Crippen LogP contribution in [0.25, 0.3) is 0 Å². The first-order valence-electron chi connectivity index (χ1n) is 3.68. The van der Waals surface area contributed by atoms with Crippen molar-refractivity contribution < 1.29 is 16.8 Å². The fourth-order valence-electron chi connectivity index (χ4n) is 0.0535. The Labute approximate surface area is 55.2 Å². The molecule has 0 bridgehead atoms. The number of carbonyl (C=O) groups is 1. The van der Waals surface area contributed by atoms with Crippen molar-refractivity contribution in [3.8, 4) is 0 Å². The van der Waals surface area contributed by atoms with E-state index in [9.17, 15) is 4.79 Å². The molecular formula is C3H8ClNO2. The Kier molecular flexibility index (Phi) is 1.90. The largest absolute Gasteiger partial charge is 0.480 e. The number of hydrogen-bond acceptors (Lipinski definition) is 2. The fourth-order valence-corrected chi connectivity index (χ4v) is 0.0535. The zero-order chi connectivity index (χ0) is 9.28. The molecule has 0 saturated heterocycles. The van der Waals surface area contributed by atoms with Crippen LogP contribution in [0.1, 0.15) is 6.85 Å². The molecule has 7 heavy (non-hydrogen) atoms. The van der Waals surface area contributed by atoms with E-state index >= 15 is 0 Å². The molecule has 0 amide bonds. The summed E-state index contributed by atoms with van der Waals surface area (Å²) in [6, 6.07) is 0. The molecular weight excluding hydrogens is 117 g/mol. The maximum atomic E-state index is 10.0. The van der Waals surface area contributed by atoms with Crippen LogP contribution in [0.15, 0.2) is 0 Å². The second-order valence-electron chi connectivity index (χ2n) is 0.555. The van der Waals surface area contributed by atoms with Crippen LogP contribution >= 0.6 is 12.4 Å². The molecule has 0 aliphatic heterocycles. The number of nitrogens with one attached hydrogen (secondary N) is 1. The van der Waals surface area contributed by atoms with Gasteiger partial charge in [0.2, 0.25) is 0 Å². The number of aliphatic carboxylic acids is 1. The van der Waals surface area contributed by atoms with Crippen LogP contribution in [-0.2, 0) is 4.79 Å². The van der Waals surface area contributed by atoms with Gasteiger partial charge in [0.1, 0.15) is 0 Å². The minimum Gasteiger partial charge on any atom is -0.480 e. The molecule has 0 spiro atoms. The predicted octanol–water partition coefficient (Wildman–Crippen LogP) is -0.288. The van der Waals surface area contributed by atoms with Gasteiger partial charge < -0.3 is 10.4 Å². The minimum absolute atomic E-state index is 0. The van der Waals surface area contributed by atoms with Crippen LogP contribution in [0, 0.1) is 0 Å². The zero-order valence-electron chi connectivity index (χ0n) is 8.26. The highest BCUT2D eigenvalue weighted by Gasteiger charge is 1.86. The molecule has 0 rings (SSSR count). The Morgan fingerprint density at radius 3 is 3.00 bits per heavy atom. The summed E-state index contributed by atoms with van der Waals surface area (Å²) < 4.78 is 32.8. The molecule has 44 valence electrons. The third-order valence-corrected chi connectivity index (χ3v) is 0.169. The van der Waals surface area contributed by atoms with Gasteiger partial charge in [-0.05, 0) is 6.98 Å². The third-order valence-electron chi connectivity index (χ3n) is 0.169. The Bertz CT molecular complexity index is 169. The van der Waals surface area contributed by atoms with E-state index in [0.717, 1.165) is 0 Å². The van der Waals surface area contributed by atoms with Crippen molar-refractivity contribution in [1.82, 2.24) is 5.32 Å². The smallest absolute Gasteiger partial charge is 0.317 e. The molecule has 0 aromatic carbocycles. The first-order valence-corrected chi connectivity index (χ1v) is 1.18. The highest BCUT2D eigenvalue weighted by molar-refractivity contribution is 5.85. The summed E-state index contributed by atoms with van der Waals surface area (Å²) in [6.07, 6.45) is 0. The number of rotatable bonds is 2. The van der Waals surface area contributed by atoms with Crippen molar-refractivity contribution in [3.05, 3.63) is 0 Å². The summed E-state index contributed by atoms with van der Waals surface area (Å²) in [5, 5.41) is 9.45. The fraction of sp³-hybridized carbons (Fsp3) is 0.667. The lowest BCUT2D eigenvalue weighted by Gasteiger charge is -1.84. The summed E-state index contributed by atoms with van der Waals surface area (Å²) in [5.41, 5.74) is 0. The van der Waals surface area contributed by atoms with Gasteiger partial charge >= 0.3 is 5.97 Å². The van der Waals surface area contributed by atoms with Gasteiger partial charge in [0.15, 0.2) is 0 Å². The first kappa shape index (κ1) is 2.33. The highest BCUT2D eigenvalue weighted by atomic mass is 35.5. The normalized spacial score (nSPS) is 21.4. The second-order valence-corrected chi connectivity index (χ2v) is 0.555. The van der Waals surface area contributed by atoms with Crippen molar-refractivity contribution in [3.63, 3.8) is 0 Å². The van der Waals surface area contributed by atoms with Crippen LogP contribution < -0.4 is 5.32 Å². The number of carboxylic acids is 1. The number of carboxylic acid groups (broad SMARTS) is 1. The second kappa shape index (κ2) is 5.72. The quantitative estimate of drug-likeness (QED) is 0.540. The average molecular weight is 131 g/mol. The maximum Gasteiger partial charge on any atom is 0.317 e. The van der Waals surface area contributed by atoms with Gasteiger partial charge in [-0.3, -0.25) is 4.79 Å². The Morgan fingerprint density at radius 1 is 2.29 bits per heavy atom. The van der Waals surface area contributed by atoms with E-state index in [-0.39, 0.29) is 12.4 Å². The lowest BCUT2D eigenvalue weighted by molar-refractivity contribution is -0.135. The molecule has 0 aromatic heterocycles. The Balaban J connectivity index is 0. The van der Waals surface area contributed by atoms with E-state index in [2.05, 4.69) is 0 Å². The standard InChI is InChI=1S/C3H7NO2.ClH/c1-4-2-3(5)6;/h4H,2H2,1H3,(H,5,6);1H/i1D3,2D2;. The summed E-state index contributed by atoms with van der Waals surface area (Å²) in [7, 11) is 0. The van der Waals surface area contributed by atoms with Crippen molar-refractivity contribution in [2.24, 2.45) is 0 Å². The molecule has 0 heterocycles. The molecule has 0 aromatic rings. The Hall–Kier alpha value is -0.280. The predicted molar refractivity (Wildman–Crippen MR) is 28.8 cm³/mol. The lowest BCUT2D eigenvalue weighted by Crippen LogP contribution is -2.16. The maximum absolute atomic E-state index is 10.0. The molecule has 3 nitrogen and oxygen atoms in total. The van der Waals surface area contributed by atoms with Gasteiger partial charge in [0.25, 0.3) is 0 Å². The van der Waals surface area contributed by atoms with Gasteiger partial charge in [-0.15, -0.1) is 12.4 Å². The SMILES string of the molecule is Cl.[2H]C([2H])([2H])NC([2H])([2H])C(=O)O. The van der Waals surface area contributed by atoms with E-state index < -0.39 is 19.4 Å². The summed E-state index contributed by atoms with van der Waals surface area (Å²) in [4.78, 5) is 10.0. The molecule has 0 fully saturated rings. The van der Waals surface area contributed by atoms with Crippen molar-refractivity contribution >= 4 is 18.4 Å². The first-order chi connectivity index (χ1) is 4.65. The van der Waals surface area contributed by atoms with Crippen LogP contribution in [0.3, 0.4) is 0 Å². The van der Waals surface area contributed by atoms with Crippen molar-refractivity contribution in [2.75, 3.05) is 13.5 Å². The molecule has 0 radical (unpaired) electrons. The van der Waals surface area contributed by atoms with Crippen LogP contribution in [0.2, 0.25) is 0 Å². The summed E-state index contributed by atoms with van der Waals surface area (Å²) in [6.45, 7) is -5.70. The molecule has 0 saturated carbocycles. The van der Waals surface area contributed by atoms with Crippen LogP contribution in [-0.4, -0.2) is 24.5 Å². The van der Waals surface area contributed by atoms with Crippen molar-refractivity contribution in [1.29, 1.82) is 0 Å². The number of halogens is 1. The van der Waals surface area contributed by atoms with Crippen molar-refractivity contribution in [2.45, 2.75) is 0 Å². The molecule has 0 aliphatic carbocycles. The lowest BCUT2D eigenvalue weighted by atomic mass is 10.7. The Morgan fingerprint density at radius 2 is 2.86 bits per heavy atom. The minimum atomic E-state index is -2.91. The summed E-state index contributed by atoms with van der Waals surface area (Å²) >= 11 is 0. The topological polar surface area (TPSA) is 49.3 Å². The van der Waals surface area contributed by atoms with Gasteiger partial charge in [-0.25, -0.2) is 0 Å². The van der Waals surface area contributed by atoms with E-state index in [1.54, 1.807) is 0 Å². The average Bonchev–Trinajstić information content (AvgIpc) is 1.56. The zero-order valence-corrected chi connectivity index (χ0v) is 4.08. The highest BCUT2D eigenvalue weighted by Crippen LogP contribution is 1.50. The molecule has 0 aliphatic rings. The number of likely N-dealkylation sites (N-methyl/N-ethyl adjacent to an activating group) is 1. The molecule has 4 heteroatoms. The molecule has 0 atom stereocenters. The van der Waals surface area contributed by atoms with E-state index in [1.807, 2.05) is 0 Å². The third kappa shape index (κ3) is 10.7. The van der Waals surface area contributed by atoms with Gasteiger partial charge in [0, 0.05) is 4.11 Å². The van der Waals surface area contributed by atoms with Gasteiger partial charge in [-0.2, -0.15) is 0 Å². The van der Waals surface area contributed by atoms with E-state index in [0.29, 0.717) is 0 Å².